The summed E-state index contributed by atoms with van der Waals surface area (Å²) in [5.41, 5.74) is 3.87. The molecular weight excluding hydrogens is 289 g/mol. The second-order valence-corrected chi connectivity index (χ2v) is 5.61. The van der Waals surface area contributed by atoms with E-state index in [1.165, 1.54) is 6.20 Å². The predicted molar refractivity (Wildman–Crippen MR) is 85.2 cm³/mol. The third-order valence-electron chi connectivity index (χ3n) is 3.70. The van der Waals surface area contributed by atoms with Crippen molar-refractivity contribution in [2.75, 3.05) is 0 Å². The molecule has 1 aliphatic heterocycles. The SMILES string of the molecule is C/C1=C(c2nc3ccc(Cl)cc3n2C)/C=N/C=C(/F)CC1. The van der Waals surface area contributed by atoms with Crippen LogP contribution < -0.4 is 0 Å². The number of hydrogen-bond acceptors (Lipinski definition) is 2. The van der Waals surface area contributed by atoms with Gasteiger partial charge in [-0.1, -0.05) is 17.2 Å². The van der Waals surface area contributed by atoms with Crippen LogP contribution in [0.25, 0.3) is 16.6 Å². The molecule has 3 rings (SSSR count). The molecule has 1 aromatic heterocycles. The van der Waals surface area contributed by atoms with Gasteiger partial charge in [-0.25, -0.2) is 9.37 Å². The number of nitrogens with zero attached hydrogens (tertiary/aromatic N) is 3. The summed E-state index contributed by atoms with van der Waals surface area (Å²) in [7, 11) is 1.95. The van der Waals surface area contributed by atoms with Gasteiger partial charge >= 0.3 is 0 Å². The highest BCUT2D eigenvalue weighted by molar-refractivity contribution is 6.31. The van der Waals surface area contributed by atoms with Crippen molar-refractivity contribution in [2.24, 2.45) is 12.0 Å². The zero-order chi connectivity index (χ0) is 15.0. The summed E-state index contributed by atoms with van der Waals surface area (Å²) in [6.07, 6.45) is 3.99. The Balaban J connectivity index is 2.17. The molecule has 0 fully saturated rings. The number of allylic oxidation sites excluding steroid dienone is 3. The Morgan fingerprint density at radius 3 is 2.90 bits per heavy atom. The first-order valence-corrected chi connectivity index (χ1v) is 7.14. The number of benzene rings is 1. The molecule has 2 aromatic rings. The van der Waals surface area contributed by atoms with Crippen LogP contribution in [0.2, 0.25) is 5.02 Å². The fraction of sp³-hybridized carbons (Fsp3) is 0.250. The molecule has 3 nitrogen and oxygen atoms in total. The van der Waals surface area contributed by atoms with Gasteiger partial charge in [-0.2, -0.15) is 0 Å². The second-order valence-electron chi connectivity index (χ2n) is 5.18. The van der Waals surface area contributed by atoms with Gasteiger partial charge < -0.3 is 4.57 Å². The topological polar surface area (TPSA) is 30.2 Å². The smallest absolute Gasteiger partial charge is 0.142 e. The van der Waals surface area contributed by atoms with E-state index in [2.05, 4.69) is 9.98 Å². The summed E-state index contributed by atoms with van der Waals surface area (Å²) in [5, 5.41) is 0.680. The largest absolute Gasteiger partial charge is 0.327 e. The summed E-state index contributed by atoms with van der Waals surface area (Å²) in [4.78, 5) is 8.71. The normalized spacial score (nSPS) is 23.5. The van der Waals surface area contributed by atoms with Crippen molar-refractivity contribution in [3.63, 3.8) is 0 Å². The van der Waals surface area contributed by atoms with E-state index in [0.29, 0.717) is 17.9 Å². The van der Waals surface area contributed by atoms with Gasteiger partial charge in [-0.15, -0.1) is 0 Å². The molecule has 1 aromatic carbocycles. The fourth-order valence-electron chi connectivity index (χ4n) is 2.46. The van der Waals surface area contributed by atoms with E-state index in [9.17, 15) is 4.39 Å². The van der Waals surface area contributed by atoms with Crippen molar-refractivity contribution >= 4 is 34.4 Å². The number of halogens is 2. The van der Waals surface area contributed by atoms with E-state index in [-0.39, 0.29) is 5.83 Å². The van der Waals surface area contributed by atoms with E-state index in [1.807, 2.05) is 36.7 Å². The first kappa shape index (κ1) is 14.0. The molecule has 0 atom stereocenters. The average molecular weight is 304 g/mol. The van der Waals surface area contributed by atoms with Crippen LogP contribution in [0.1, 0.15) is 25.6 Å². The maximum absolute atomic E-state index is 13.3. The van der Waals surface area contributed by atoms with Crippen LogP contribution >= 0.6 is 11.6 Å². The number of aryl methyl sites for hydroxylation is 1. The van der Waals surface area contributed by atoms with Crippen LogP contribution in [0.15, 0.2) is 40.8 Å². The van der Waals surface area contributed by atoms with Crippen LogP contribution in [0.3, 0.4) is 0 Å². The number of rotatable bonds is 1. The molecule has 2 heterocycles. The Hall–Kier alpha value is -1.94. The van der Waals surface area contributed by atoms with E-state index in [0.717, 1.165) is 28.0 Å². The van der Waals surface area contributed by atoms with Crippen molar-refractivity contribution in [3.8, 4) is 0 Å². The minimum absolute atomic E-state index is 0.193. The van der Waals surface area contributed by atoms with Gasteiger partial charge in [0.1, 0.15) is 11.7 Å². The average Bonchev–Trinajstić information content (AvgIpc) is 2.76. The van der Waals surface area contributed by atoms with Crippen molar-refractivity contribution in [2.45, 2.75) is 19.8 Å². The zero-order valence-corrected chi connectivity index (χ0v) is 12.7. The van der Waals surface area contributed by atoms with Gasteiger partial charge in [0, 0.05) is 30.3 Å². The lowest BCUT2D eigenvalue weighted by atomic mass is 10.0. The lowest BCUT2D eigenvalue weighted by molar-refractivity contribution is 0.584. The molecule has 0 unspecified atom stereocenters. The summed E-state index contributed by atoms with van der Waals surface area (Å²) in [6, 6.07) is 5.62. The minimum Gasteiger partial charge on any atom is -0.327 e. The first-order valence-electron chi connectivity index (χ1n) is 6.76. The summed E-state index contributed by atoms with van der Waals surface area (Å²) in [5.74, 6) is 0.630. The van der Waals surface area contributed by atoms with E-state index < -0.39 is 0 Å². The van der Waals surface area contributed by atoms with Gasteiger partial charge in [0.05, 0.1) is 17.2 Å². The zero-order valence-electron chi connectivity index (χ0n) is 11.9. The first-order chi connectivity index (χ1) is 10.1. The summed E-state index contributed by atoms with van der Waals surface area (Å²) < 4.78 is 15.3. The van der Waals surface area contributed by atoms with Crippen LogP contribution in [0.5, 0.6) is 0 Å². The summed E-state index contributed by atoms with van der Waals surface area (Å²) in [6.45, 7) is 1.99. The van der Waals surface area contributed by atoms with E-state index >= 15 is 0 Å². The quantitative estimate of drug-likeness (QED) is 0.752. The molecule has 0 aliphatic carbocycles. The molecule has 0 radical (unpaired) electrons. The predicted octanol–water partition coefficient (Wildman–Crippen LogP) is 4.68. The molecule has 5 heteroatoms. The van der Waals surface area contributed by atoms with Crippen molar-refractivity contribution in [3.05, 3.63) is 46.6 Å². The summed E-state index contributed by atoms with van der Waals surface area (Å²) >= 11 is 6.05. The number of hydrogen-bond donors (Lipinski definition) is 0. The molecule has 0 amide bonds. The van der Waals surface area contributed by atoms with Crippen LogP contribution in [0.4, 0.5) is 4.39 Å². The molecule has 0 saturated carbocycles. The van der Waals surface area contributed by atoms with Gasteiger partial charge in [-0.05, 0) is 31.5 Å². The van der Waals surface area contributed by atoms with Crippen molar-refractivity contribution in [1.82, 2.24) is 9.55 Å². The Morgan fingerprint density at radius 1 is 1.29 bits per heavy atom. The van der Waals surface area contributed by atoms with E-state index in [1.54, 1.807) is 6.21 Å². The molecular formula is C16H15ClFN3. The molecule has 0 saturated heterocycles. The minimum atomic E-state index is -0.193. The maximum atomic E-state index is 13.3. The highest BCUT2D eigenvalue weighted by Crippen LogP contribution is 2.27. The van der Waals surface area contributed by atoms with Crippen molar-refractivity contribution < 1.29 is 4.39 Å². The fourth-order valence-corrected chi connectivity index (χ4v) is 2.63. The molecule has 0 bridgehead atoms. The number of aromatic nitrogens is 2. The third kappa shape index (κ3) is 2.63. The molecule has 108 valence electrons. The molecule has 0 spiro atoms. The third-order valence-corrected chi connectivity index (χ3v) is 3.94. The molecule has 21 heavy (non-hydrogen) atoms. The number of aliphatic imine (C=N–C) groups is 1. The lowest BCUT2D eigenvalue weighted by Crippen LogP contribution is -2.02. The monoisotopic (exact) mass is 303 g/mol. The van der Waals surface area contributed by atoms with Crippen LogP contribution in [0, 0.1) is 0 Å². The second kappa shape index (κ2) is 5.45. The lowest BCUT2D eigenvalue weighted by Gasteiger charge is -2.10. The van der Waals surface area contributed by atoms with Gasteiger partial charge in [0.2, 0.25) is 0 Å². The van der Waals surface area contributed by atoms with Crippen molar-refractivity contribution in [1.29, 1.82) is 0 Å². The van der Waals surface area contributed by atoms with Gasteiger partial charge in [0.25, 0.3) is 0 Å². The Labute approximate surface area is 127 Å². The number of imidazole rings is 1. The Kier molecular flexibility index (Phi) is 3.64. The number of fused-ring (bicyclic) bond motifs is 1. The van der Waals surface area contributed by atoms with Gasteiger partial charge in [-0.3, -0.25) is 4.99 Å². The van der Waals surface area contributed by atoms with Gasteiger partial charge in [0.15, 0.2) is 0 Å². The highest BCUT2D eigenvalue weighted by atomic mass is 35.5. The molecule has 1 aliphatic rings. The highest BCUT2D eigenvalue weighted by Gasteiger charge is 2.15. The standard InChI is InChI=1S/C16H15ClFN3/c1-10-3-5-12(18)8-19-9-13(10)16-20-14-6-4-11(17)7-15(14)21(16)2/h4,6-9H,3,5H2,1-2H3/b12-8+,13-10+,19-9+. The van der Waals surface area contributed by atoms with Crippen LogP contribution in [-0.4, -0.2) is 15.8 Å². The Bertz CT molecular complexity index is 799. The van der Waals surface area contributed by atoms with E-state index in [4.69, 9.17) is 11.6 Å². The molecule has 0 N–H and O–H groups in total. The Morgan fingerprint density at radius 2 is 2.10 bits per heavy atom. The van der Waals surface area contributed by atoms with Crippen LogP contribution in [-0.2, 0) is 7.05 Å². The maximum Gasteiger partial charge on any atom is 0.142 e.